The molecule has 5 heteroatoms. The van der Waals surface area contributed by atoms with E-state index < -0.39 is 5.97 Å². The number of hydrogen-bond acceptors (Lipinski definition) is 4. The van der Waals surface area contributed by atoms with Crippen LogP contribution in [0.3, 0.4) is 0 Å². The molecule has 132 valence electrons. The molecule has 0 saturated heterocycles. The van der Waals surface area contributed by atoms with Crippen molar-refractivity contribution < 1.29 is 14.7 Å². The Labute approximate surface area is 156 Å². The van der Waals surface area contributed by atoms with E-state index in [1.54, 1.807) is 54.6 Å². The van der Waals surface area contributed by atoms with E-state index in [0.29, 0.717) is 16.7 Å². The van der Waals surface area contributed by atoms with Crippen LogP contribution in [0.4, 0.5) is 0 Å². The van der Waals surface area contributed by atoms with E-state index in [9.17, 15) is 14.7 Å². The third kappa shape index (κ3) is 4.41. The van der Waals surface area contributed by atoms with Crippen LogP contribution < -0.4 is 0 Å². The van der Waals surface area contributed by atoms with Gasteiger partial charge in [0.1, 0.15) is 5.71 Å². The maximum atomic E-state index is 12.9. The van der Waals surface area contributed by atoms with Gasteiger partial charge in [0.15, 0.2) is 0 Å². The lowest BCUT2D eigenvalue weighted by molar-refractivity contribution is 0.0696. The summed E-state index contributed by atoms with van der Waals surface area (Å²) in [5.41, 5.74) is 1.85. The van der Waals surface area contributed by atoms with Crippen LogP contribution in [-0.2, 0) is 0 Å². The average Bonchev–Trinajstić information content (AvgIpc) is 2.72. The van der Waals surface area contributed by atoms with Gasteiger partial charge in [-0.15, -0.1) is 5.10 Å². The molecule has 3 rings (SSSR count). The van der Waals surface area contributed by atoms with Crippen molar-refractivity contribution >= 4 is 23.7 Å². The molecule has 0 atom stereocenters. The fourth-order valence-electron chi connectivity index (χ4n) is 2.51. The van der Waals surface area contributed by atoms with E-state index >= 15 is 0 Å². The topological polar surface area (TPSA) is 79.1 Å². The largest absolute Gasteiger partial charge is 0.478 e. The number of Topliss-reactive ketones (excluding diaryl/α,β-unsaturated/α-hetero) is 1. The SMILES string of the molecule is O=C(/C(=N\N=C/c1ccccc1C(=O)O)c1ccccc1)c1ccccc1. The fraction of sp³-hybridized carbons (Fsp3) is 0. The number of ketones is 1. The fourth-order valence-corrected chi connectivity index (χ4v) is 2.51. The van der Waals surface area contributed by atoms with E-state index in [2.05, 4.69) is 10.2 Å². The van der Waals surface area contributed by atoms with Crippen LogP contribution in [0.2, 0.25) is 0 Å². The van der Waals surface area contributed by atoms with Gasteiger partial charge in [0.2, 0.25) is 5.78 Å². The number of carbonyl (C=O) groups is 2. The summed E-state index contributed by atoms with van der Waals surface area (Å²) in [6.45, 7) is 0. The predicted molar refractivity (Wildman–Crippen MR) is 105 cm³/mol. The van der Waals surface area contributed by atoms with Crippen LogP contribution in [0, 0.1) is 0 Å². The molecule has 0 amide bonds. The maximum Gasteiger partial charge on any atom is 0.336 e. The lowest BCUT2D eigenvalue weighted by Gasteiger charge is -2.04. The molecule has 5 nitrogen and oxygen atoms in total. The molecular weight excluding hydrogens is 340 g/mol. The van der Waals surface area contributed by atoms with Crippen LogP contribution in [0.15, 0.2) is 95.1 Å². The zero-order valence-corrected chi connectivity index (χ0v) is 14.3. The first-order valence-electron chi connectivity index (χ1n) is 8.25. The molecule has 3 aromatic rings. The molecule has 0 unspecified atom stereocenters. The van der Waals surface area contributed by atoms with Crippen LogP contribution in [0.1, 0.15) is 31.8 Å². The summed E-state index contributed by atoms with van der Waals surface area (Å²) < 4.78 is 0. The number of aromatic carboxylic acids is 1. The lowest BCUT2D eigenvalue weighted by Crippen LogP contribution is -2.15. The van der Waals surface area contributed by atoms with Gasteiger partial charge in [0.25, 0.3) is 0 Å². The number of carbonyl (C=O) groups excluding carboxylic acids is 1. The lowest BCUT2D eigenvalue weighted by atomic mass is 10.0. The smallest absolute Gasteiger partial charge is 0.336 e. The van der Waals surface area contributed by atoms with Crippen molar-refractivity contribution in [3.8, 4) is 0 Å². The number of benzene rings is 3. The van der Waals surface area contributed by atoms with E-state index in [-0.39, 0.29) is 17.1 Å². The summed E-state index contributed by atoms with van der Waals surface area (Å²) in [7, 11) is 0. The minimum atomic E-state index is -1.05. The number of nitrogens with zero attached hydrogens (tertiary/aromatic N) is 2. The summed E-state index contributed by atoms with van der Waals surface area (Å²) in [4.78, 5) is 24.1. The highest BCUT2D eigenvalue weighted by Crippen LogP contribution is 2.10. The van der Waals surface area contributed by atoms with Gasteiger partial charge in [-0.05, 0) is 6.07 Å². The highest BCUT2D eigenvalue weighted by atomic mass is 16.4. The van der Waals surface area contributed by atoms with E-state index in [1.807, 2.05) is 24.3 Å². The van der Waals surface area contributed by atoms with E-state index in [1.165, 1.54) is 12.3 Å². The molecule has 0 saturated carbocycles. The zero-order valence-electron chi connectivity index (χ0n) is 14.3. The van der Waals surface area contributed by atoms with Crippen LogP contribution in [0.5, 0.6) is 0 Å². The number of rotatable bonds is 6. The average molecular weight is 356 g/mol. The molecule has 27 heavy (non-hydrogen) atoms. The standard InChI is InChI=1S/C22H16N2O3/c25-21(17-11-5-2-6-12-17)20(16-9-3-1-4-10-16)24-23-15-18-13-7-8-14-19(18)22(26)27/h1-15H,(H,26,27)/b23-15-,24-20-. The zero-order chi connectivity index (χ0) is 19.1. The summed E-state index contributed by atoms with van der Waals surface area (Å²) >= 11 is 0. The van der Waals surface area contributed by atoms with Gasteiger partial charge in [-0.1, -0.05) is 78.9 Å². The van der Waals surface area contributed by atoms with E-state index in [4.69, 9.17) is 0 Å². The highest BCUT2D eigenvalue weighted by molar-refractivity contribution is 6.51. The normalized spacial score (nSPS) is 11.5. The molecule has 0 aliphatic carbocycles. The first-order chi connectivity index (χ1) is 13.2. The van der Waals surface area contributed by atoms with Gasteiger partial charge in [-0.2, -0.15) is 5.10 Å². The van der Waals surface area contributed by atoms with Gasteiger partial charge in [-0.3, -0.25) is 4.79 Å². The van der Waals surface area contributed by atoms with E-state index in [0.717, 1.165) is 0 Å². The second kappa shape index (κ2) is 8.49. The summed E-state index contributed by atoms with van der Waals surface area (Å²) in [5, 5.41) is 17.3. The Kier molecular flexibility index (Phi) is 5.64. The molecule has 0 aliphatic rings. The molecule has 1 N–H and O–H groups in total. The maximum absolute atomic E-state index is 12.9. The molecule has 0 aliphatic heterocycles. The monoisotopic (exact) mass is 356 g/mol. The van der Waals surface area contributed by atoms with Crippen molar-refractivity contribution in [2.24, 2.45) is 10.2 Å². The van der Waals surface area contributed by atoms with Gasteiger partial charge in [0.05, 0.1) is 11.8 Å². The Hall–Kier alpha value is -3.86. The number of hydrogen-bond donors (Lipinski definition) is 1. The van der Waals surface area contributed by atoms with Crippen molar-refractivity contribution in [3.05, 3.63) is 107 Å². The van der Waals surface area contributed by atoms with Crippen LogP contribution in [-0.4, -0.2) is 28.8 Å². The minimum absolute atomic E-state index is 0.118. The number of carboxylic acids is 1. The third-order valence-corrected chi connectivity index (χ3v) is 3.84. The molecule has 0 heterocycles. The Morgan fingerprint density at radius 2 is 1.30 bits per heavy atom. The summed E-state index contributed by atoms with van der Waals surface area (Å²) in [5.74, 6) is -1.31. The Morgan fingerprint density at radius 3 is 1.93 bits per heavy atom. The molecule has 3 aromatic carbocycles. The van der Waals surface area contributed by atoms with Crippen molar-refractivity contribution in [2.45, 2.75) is 0 Å². The van der Waals surface area contributed by atoms with Crippen LogP contribution >= 0.6 is 0 Å². The van der Waals surface area contributed by atoms with Crippen molar-refractivity contribution in [2.75, 3.05) is 0 Å². The van der Waals surface area contributed by atoms with Crippen molar-refractivity contribution in [3.63, 3.8) is 0 Å². The van der Waals surface area contributed by atoms with Gasteiger partial charge < -0.3 is 5.11 Å². The molecule has 0 bridgehead atoms. The second-order valence-corrected chi connectivity index (χ2v) is 5.65. The van der Waals surface area contributed by atoms with Crippen LogP contribution in [0.25, 0.3) is 0 Å². The van der Waals surface area contributed by atoms with Gasteiger partial charge in [-0.25, -0.2) is 4.79 Å². The summed E-state index contributed by atoms with van der Waals surface area (Å²) in [6, 6.07) is 24.3. The van der Waals surface area contributed by atoms with Gasteiger partial charge >= 0.3 is 5.97 Å². The number of carboxylic acid groups (broad SMARTS) is 1. The third-order valence-electron chi connectivity index (χ3n) is 3.84. The Balaban J connectivity index is 1.99. The Bertz CT molecular complexity index is 1010. The quantitative estimate of drug-likeness (QED) is 0.410. The first-order valence-corrected chi connectivity index (χ1v) is 8.25. The first kappa shape index (κ1) is 17.9. The van der Waals surface area contributed by atoms with Crippen molar-refractivity contribution in [1.82, 2.24) is 0 Å². The van der Waals surface area contributed by atoms with Crippen molar-refractivity contribution in [1.29, 1.82) is 0 Å². The summed E-state index contributed by atoms with van der Waals surface area (Å²) in [6.07, 6.45) is 1.34. The highest BCUT2D eigenvalue weighted by Gasteiger charge is 2.16. The predicted octanol–water partition coefficient (Wildman–Crippen LogP) is 4.09. The minimum Gasteiger partial charge on any atom is -0.478 e. The molecule has 0 fully saturated rings. The second-order valence-electron chi connectivity index (χ2n) is 5.65. The molecule has 0 spiro atoms. The molecular formula is C22H16N2O3. The Morgan fingerprint density at radius 1 is 0.741 bits per heavy atom. The molecule has 0 aromatic heterocycles. The van der Waals surface area contributed by atoms with Gasteiger partial charge in [0, 0.05) is 16.7 Å². The molecule has 0 radical (unpaired) electrons.